The first-order valence-corrected chi connectivity index (χ1v) is 11.3. The van der Waals surface area contributed by atoms with Gasteiger partial charge in [-0.3, -0.25) is 4.72 Å². The number of methoxy groups -OCH3 is 1. The molecule has 9 heteroatoms. The lowest BCUT2D eigenvalue weighted by atomic mass is 10.3. The smallest absolute Gasteiger partial charge is 0.261 e. The maximum atomic E-state index is 12.8. The predicted octanol–water partition coefficient (Wildman–Crippen LogP) is 3.98. The van der Waals surface area contributed by atoms with Gasteiger partial charge in [0.05, 0.1) is 21.8 Å². The van der Waals surface area contributed by atoms with Crippen LogP contribution in [0.25, 0.3) is 0 Å². The van der Waals surface area contributed by atoms with Gasteiger partial charge >= 0.3 is 0 Å². The van der Waals surface area contributed by atoms with Crippen LogP contribution in [-0.4, -0.2) is 23.9 Å². The zero-order chi connectivity index (χ0) is 20.4. The van der Waals surface area contributed by atoms with Crippen LogP contribution in [0.4, 0.5) is 5.69 Å². The number of rotatable bonds is 6. The van der Waals surface area contributed by atoms with E-state index in [1.54, 1.807) is 24.3 Å². The van der Waals surface area contributed by atoms with E-state index in [-0.39, 0.29) is 14.7 Å². The summed E-state index contributed by atoms with van der Waals surface area (Å²) in [6, 6.07) is 17.1. The van der Waals surface area contributed by atoms with Crippen LogP contribution >= 0.6 is 11.6 Å². The molecule has 1 N–H and O–H groups in total. The van der Waals surface area contributed by atoms with Gasteiger partial charge in [-0.2, -0.15) is 0 Å². The van der Waals surface area contributed by atoms with Crippen LogP contribution in [-0.2, 0) is 19.9 Å². The Morgan fingerprint density at radius 3 is 2.00 bits per heavy atom. The van der Waals surface area contributed by atoms with Gasteiger partial charge in [0, 0.05) is 10.7 Å². The number of sulfonamides is 1. The summed E-state index contributed by atoms with van der Waals surface area (Å²) >= 11 is 5.80. The molecule has 6 nitrogen and oxygen atoms in total. The van der Waals surface area contributed by atoms with Crippen molar-refractivity contribution < 1.29 is 21.6 Å². The number of hydrogen-bond donors (Lipinski definition) is 1. The first kappa shape index (κ1) is 20.2. The number of halogens is 1. The molecule has 3 rings (SSSR count). The van der Waals surface area contributed by atoms with E-state index in [1.807, 2.05) is 0 Å². The van der Waals surface area contributed by atoms with E-state index in [4.69, 9.17) is 16.3 Å². The van der Waals surface area contributed by atoms with Crippen molar-refractivity contribution >= 4 is 37.1 Å². The first-order valence-electron chi connectivity index (χ1n) is 8.00. The summed E-state index contributed by atoms with van der Waals surface area (Å²) in [5.74, 6) is 0.582. The van der Waals surface area contributed by atoms with Gasteiger partial charge < -0.3 is 4.74 Å². The minimum atomic E-state index is -3.98. The number of anilines is 1. The summed E-state index contributed by atoms with van der Waals surface area (Å²) in [6.07, 6.45) is 0. The number of hydrogen-bond acceptors (Lipinski definition) is 5. The van der Waals surface area contributed by atoms with Gasteiger partial charge in [0.2, 0.25) is 9.84 Å². The molecule has 0 aliphatic rings. The molecule has 0 radical (unpaired) electrons. The lowest BCUT2D eigenvalue weighted by Crippen LogP contribution is -2.13. The molecule has 0 saturated carbocycles. The topological polar surface area (TPSA) is 89.5 Å². The molecule has 146 valence electrons. The average molecular weight is 438 g/mol. The molecule has 0 aromatic heterocycles. The Kier molecular flexibility index (Phi) is 5.64. The molecule has 0 aliphatic carbocycles. The highest BCUT2D eigenvalue weighted by Gasteiger charge is 2.21. The van der Waals surface area contributed by atoms with E-state index in [1.165, 1.54) is 49.6 Å². The summed E-state index contributed by atoms with van der Waals surface area (Å²) in [5, 5.41) is 0.402. The third-order valence-corrected chi connectivity index (χ3v) is 7.29. The summed E-state index contributed by atoms with van der Waals surface area (Å²) in [4.78, 5) is -0.277. The van der Waals surface area contributed by atoms with E-state index in [0.29, 0.717) is 16.5 Å². The number of sulfone groups is 1. The van der Waals surface area contributed by atoms with Crippen molar-refractivity contribution in [3.05, 3.63) is 77.8 Å². The Labute approximate surface area is 168 Å². The van der Waals surface area contributed by atoms with E-state index in [0.717, 1.165) is 6.07 Å². The van der Waals surface area contributed by atoms with Crippen LogP contribution in [0.2, 0.25) is 5.02 Å². The summed E-state index contributed by atoms with van der Waals surface area (Å²) < 4.78 is 58.3. The predicted molar refractivity (Wildman–Crippen MR) is 107 cm³/mol. The molecule has 0 unspecified atom stereocenters. The fraction of sp³-hybridized carbons (Fsp3) is 0.0526. The van der Waals surface area contributed by atoms with Gasteiger partial charge in [-0.05, 0) is 66.7 Å². The van der Waals surface area contributed by atoms with Gasteiger partial charge in [0.25, 0.3) is 10.0 Å². The van der Waals surface area contributed by atoms with Gasteiger partial charge in [0.1, 0.15) is 5.75 Å². The molecule has 0 fully saturated rings. The monoisotopic (exact) mass is 437 g/mol. The van der Waals surface area contributed by atoms with Crippen LogP contribution in [0.3, 0.4) is 0 Å². The molecule has 3 aromatic rings. The first-order chi connectivity index (χ1) is 13.2. The maximum absolute atomic E-state index is 12.8. The van der Waals surface area contributed by atoms with Crippen molar-refractivity contribution in [3.63, 3.8) is 0 Å². The Bertz CT molecular complexity index is 1190. The second kappa shape index (κ2) is 7.83. The van der Waals surface area contributed by atoms with Crippen molar-refractivity contribution in [2.45, 2.75) is 14.7 Å². The molecule has 0 atom stereocenters. The fourth-order valence-electron chi connectivity index (χ4n) is 2.43. The number of nitrogens with one attached hydrogen (secondary N) is 1. The zero-order valence-electron chi connectivity index (χ0n) is 14.7. The highest BCUT2D eigenvalue weighted by Crippen LogP contribution is 2.25. The lowest BCUT2D eigenvalue weighted by Gasteiger charge is -2.10. The van der Waals surface area contributed by atoms with Gasteiger partial charge in [-0.15, -0.1) is 0 Å². The minimum absolute atomic E-state index is 0.0227. The van der Waals surface area contributed by atoms with Crippen LogP contribution in [0.1, 0.15) is 0 Å². The molecular weight excluding hydrogens is 422 g/mol. The SMILES string of the molecule is COc1ccc(NS(=O)(=O)c2cccc(S(=O)(=O)c3ccc(Cl)cc3)c2)cc1. The van der Waals surface area contributed by atoms with Crippen molar-refractivity contribution in [1.29, 1.82) is 0 Å². The quantitative estimate of drug-likeness (QED) is 0.629. The molecule has 0 bridgehead atoms. The summed E-state index contributed by atoms with van der Waals surface area (Å²) in [6.45, 7) is 0. The third-order valence-electron chi connectivity index (χ3n) is 3.89. The van der Waals surface area contributed by atoms with Crippen LogP contribution in [0, 0.1) is 0 Å². The second-order valence-electron chi connectivity index (χ2n) is 5.77. The van der Waals surface area contributed by atoms with E-state index in [2.05, 4.69) is 4.72 Å². The van der Waals surface area contributed by atoms with Crippen molar-refractivity contribution in [3.8, 4) is 5.75 Å². The lowest BCUT2D eigenvalue weighted by molar-refractivity contribution is 0.415. The van der Waals surface area contributed by atoms with Gasteiger partial charge in [-0.1, -0.05) is 17.7 Å². The van der Waals surface area contributed by atoms with Gasteiger partial charge in [-0.25, -0.2) is 16.8 Å². The Morgan fingerprint density at radius 2 is 1.39 bits per heavy atom. The van der Waals surface area contributed by atoms with Crippen LogP contribution in [0.5, 0.6) is 5.75 Å². The van der Waals surface area contributed by atoms with Crippen LogP contribution < -0.4 is 9.46 Å². The molecular formula is C19H16ClNO5S2. The van der Waals surface area contributed by atoms with E-state index < -0.39 is 19.9 Å². The molecule has 0 amide bonds. The molecule has 3 aromatic carbocycles. The van der Waals surface area contributed by atoms with Crippen molar-refractivity contribution in [2.75, 3.05) is 11.8 Å². The number of benzene rings is 3. The van der Waals surface area contributed by atoms with E-state index >= 15 is 0 Å². The highest BCUT2D eigenvalue weighted by molar-refractivity contribution is 7.93. The summed E-state index contributed by atoms with van der Waals surface area (Å²) in [5.41, 5.74) is 0.326. The maximum Gasteiger partial charge on any atom is 0.261 e. The Hall–Kier alpha value is -2.55. The third kappa shape index (κ3) is 4.30. The standard InChI is InChI=1S/C19H16ClNO5S2/c1-26-16-9-7-15(8-10-16)21-28(24,25)19-4-2-3-18(13-19)27(22,23)17-11-5-14(20)6-12-17/h2-13,21H,1H3. The zero-order valence-corrected chi connectivity index (χ0v) is 17.1. The van der Waals surface area contributed by atoms with Crippen molar-refractivity contribution in [1.82, 2.24) is 0 Å². The minimum Gasteiger partial charge on any atom is -0.497 e. The second-order valence-corrected chi connectivity index (χ2v) is 9.83. The molecule has 0 saturated heterocycles. The van der Waals surface area contributed by atoms with E-state index in [9.17, 15) is 16.8 Å². The molecule has 0 heterocycles. The summed E-state index contributed by atoms with van der Waals surface area (Å²) in [7, 11) is -6.36. The van der Waals surface area contributed by atoms with Crippen LogP contribution in [0.15, 0.2) is 87.5 Å². The fourth-order valence-corrected chi connectivity index (χ4v) is 5.04. The largest absolute Gasteiger partial charge is 0.497 e. The Balaban J connectivity index is 1.94. The highest BCUT2D eigenvalue weighted by atomic mass is 35.5. The van der Waals surface area contributed by atoms with Gasteiger partial charge in [0.15, 0.2) is 0 Å². The van der Waals surface area contributed by atoms with Crippen molar-refractivity contribution in [2.24, 2.45) is 0 Å². The molecule has 28 heavy (non-hydrogen) atoms. The Morgan fingerprint density at radius 1 is 0.786 bits per heavy atom. The average Bonchev–Trinajstić information content (AvgIpc) is 2.69. The normalized spacial score (nSPS) is 11.8. The number of ether oxygens (including phenoxy) is 1. The molecule has 0 aliphatic heterocycles. The molecule has 0 spiro atoms.